The molecule has 0 saturated carbocycles. The number of tetrazole rings is 1. The minimum Gasteiger partial charge on any atom is -0.493 e. The molecule has 3 aromatic rings. The van der Waals surface area contributed by atoms with Crippen molar-refractivity contribution in [2.75, 3.05) is 19.0 Å². The number of aromatic nitrogens is 4. The minimum absolute atomic E-state index is 0.148. The lowest BCUT2D eigenvalue weighted by Crippen LogP contribution is -2.15. The molecule has 0 radical (unpaired) electrons. The largest absolute Gasteiger partial charge is 0.493 e. The van der Waals surface area contributed by atoms with Crippen molar-refractivity contribution >= 4 is 17.3 Å². The number of amides is 1. The van der Waals surface area contributed by atoms with Gasteiger partial charge in [0.2, 0.25) is 0 Å². The summed E-state index contributed by atoms with van der Waals surface area (Å²) in [5.41, 5.74) is 1.45. The first kappa shape index (κ1) is 20.7. The first-order valence-corrected chi connectivity index (χ1v) is 9.02. The molecule has 1 amide bonds. The van der Waals surface area contributed by atoms with Gasteiger partial charge in [-0.2, -0.15) is 4.68 Å². The van der Waals surface area contributed by atoms with Gasteiger partial charge in [-0.15, -0.1) is 5.10 Å². The van der Waals surface area contributed by atoms with Gasteiger partial charge in [-0.1, -0.05) is 6.07 Å². The molecule has 1 heterocycles. The maximum Gasteiger partial charge on any atom is 0.286 e. The van der Waals surface area contributed by atoms with E-state index in [2.05, 4.69) is 20.8 Å². The van der Waals surface area contributed by atoms with Crippen LogP contribution in [0.25, 0.3) is 5.69 Å². The average molecular weight is 412 g/mol. The Morgan fingerprint density at radius 3 is 2.60 bits per heavy atom. The van der Waals surface area contributed by atoms with Gasteiger partial charge in [0, 0.05) is 11.8 Å². The summed E-state index contributed by atoms with van der Waals surface area (Å²) in [6.45, 7) is 5.70. The number of carbonyl (C=O) groups is 1. The lowest BCUT2D eigenvalue weighted by molar-refractivity contribution is -0.385. The lowest BCUT2D eigenvalue weighted by atomic mass is 10.1. The minimum atomic E-state index is -0.659. The van der Waals surface area contributed by atoms with Gasteiger partial charge in [0.05, 0.1) is 30.4 Å². The second-order valence-electron chi connectivity index (χ2n) is 6.30. The van der Waals surface area contributed by atoms with Crippen LogP contribution in [-0.2, 0) is 0 Å². The maximum atomic E-state index is 12.9. The van der Waals surface area contributed by atoms with Gasteiger partial charge in [0.25, 0.3) is 11.6 Å². The fourth-order valence-electron chi connectivity index (χ4n) is 2.88. The van der Waals surface area contributed by atoms with Crippen molar-refractivity contribution < 1.29 is 19.2 Å². The number of aryl methyl sites for hydroxylation is 2. The second kappa shape index (κ2) is 8.55. The molecule has 1 N–H and O–H groups in total. The summed E-state index contributed by atoms with van der Waals surface area (Å²) in [6, 6.07) is 7.64. The van der Waals surface area contributed by atoms with E-state index in [-0.39, 0.29) is 17.1 Å². The topological polar surface area (TPSA) is 134 Å². The van der Waals surface area contributed by atoms with Crippen molar-refractivity contribution in [2.45, 2.75) is 20.8 Å². The van der Waals surface area contributed by atoms with Crippen LogP contribution in [0.15, 0.2) is 30.3 Å². The fourth-order valence-corrected chi connectivity index (χ4v) is 2.88. The van der Waals surface area contributed by atoms with Crippen molar-refractivity contribution in [3.05, 3.63) is 57.4 Å². The summed E-state index contributed by atoms with van der Waals surface area (Å²) >= 11 is 0. The molecular formula is C19H20N6O5. The summed E-state index contributed by atoms with van der Waals surface area (Å²) in [6.07, 6.45) is 0. The number of carbonyl (C=O) groups excluding carboxylic acids is 1. The van der Waals surface area contributed by atoms with Crippen molar-refractivity contribution in [3.63, 3.8) is 0 Å². The monoisotopic (exact) mass is 412 g/mol. The Balaban J connectivity index is 1.99. The van der Waals surface area contributed by atoms with Gasteiger partial charge >= 0.3 is 0 Å². The number of benzene rings is 2. The zero-order valence-corrected chi connectivity index (χ0v) is 16.9. The number of nitrogens with zero attached hydrogens (tertiary/aromatic N) is 5. The highest BCUT2D eigenvalue weighted by Crippen LogP contribution is 2.35. The summed E-state index contributed by atoms with van der Waals surface area (Å²) in [5.74, 6) is 0.332. The fraction of sp³-hybridized carbons (Fsp3) is 0.263. The number of methoxy groups -OCH3 is 1. The SMILES string of the molecule is CCOc1cc(C(=O)Nc2ccc(C)c(-n3nnnc3C)c2)c([N+](=O)[O-])cc1OC. The van der Waals surface area contributed by atoms with Crippen molar-refractivity contribution in [3.8, 4) is 17.2 Å². The molecule has 0 atom stereocenters. The van der Waals surface area contributed by atoms with E-state index in [1.54, 1.807) is 32.0 Å². The number of rotatable bonds is 7. The van der Waals surface area contributed by atoms with Crippen LogP contribution in [0.5, 0.6) is 11.5 Å². The highest BCUT2D eigenvalue weighted by molar-refractivity contribution is 6.07. The summed E-state index contributed by atoms with van der Waals surface area (Å²) in [5, 5.41) is 25.6. The molecule has 0 spiro atoms. The second-order valence-corrected chi connectivity index (χ2v) is 6.30. The van der Waals surface area contributed by atoms with E-state index in [0.717, 1.165) is 5.56 Å². The molecule has 1 aromatic heterocycles. The van der Waals surface area contributed by atoms with E-state index in [1.807, 2.05) is 6.92 Å². The molecule has 11 nitrogen and oxygen atoms in total. The number of hydrogen-bond donors (Lipinski definition) is 1. The Morgan fingerprint density at radius 2 is 2.00 bits per heavy atom. The maximum absolute atomic E-state index is 12.9. The number of anilines is 1. The van der Waals surface area contributed by atoms with Crippen LogP contribution < -0.4 is 14.8 Å². The van der Waals surface area contributed by atoms with Crippen LogP contribution >= 0.6 is 0 Å². The summed E-state index contributed by atoms with van der Waals surface area (Å²) in [7, 11) is 1.37. The number of ether oxygens (including phenoxy) is 2. The van der Waals surface area contributed by atoms with Gasteiger partial charge in [-0.3, -0.25) is 14.9 Å². The Morgan fingerprint density at radius 1 is 1.23 bits per heavy atom. The van der Waals surface area contributed by atoms with E-state index in [4.69, 9.17) is 9.47 Å². The third-order valence-electron chi connectivity index (χ3n) is 4.34. The number of nitro benzene ring substituents is 1. The lowest BCUT2D eigenvalue weighted by Gasteiger charge is -2.13. The standard InChI is InChI=1S/C19H20N6O5/c1-5-30-18-9-14(16(25(27)28)10-17(18)29-4)19(26)20-13-7-6-11(2)15(8-13)24-12(3)21-22-23-24/h6-10H,5H2,1-4H3,(H,20,26). The van der Waals surface area contributed by atoms with Crippen LogP contribution in [0, 0.1) is 24.0 Å². The van der Waals surface area contributed by atoms with Crippen LogP contribution in [0.2, 0.25) is 0 Å². The smallest absolute Gasteiger partial charge is 0.286 e. The predicted octanol–water partition coefficient (Wildman–Crippen LogP) is 2.85. The summed E-state index contributed by atoms with van der Waals surface area (Å²) in [4.78, 5) is 23.8. The zero-order chi connectivity index (χ0) is 21.8. The third-order valence-corrected chi connectivity index (χ3v) is 4.34. The van der Waals surface area contributed by atoms with Crippen LogP contribution in [-0.4, -0.2) is 44.8 Å². The Bertz CT molecular complexity index is 1110. The van der Waals surface area contributed by atoms with Gasteiger partial charge in [-0.05, 0) is 48.9 Å². The van der Waals surface area contributed by atoms with Crippen molar-refractivity contribution in [1.29, 1.82) is 0 Å². The Kier molecular flexibility index (Phi) is 5.90. The van der Waals surface area contributed by atoms with E-state index >= 15 is 0 Å². The molecule has 156 valence electrons. The Hall–Kier alpha value is -4.02. The van der Waals surface area contributed by atoms with Crippen molar-refractivity contribution in [1.82, 2.24) is 20.2 Å². The molecule has 11 heteroatoms. The number of nitrogens with one attached hydrogen (secondary N) is 1. The highest BCUT2D eigenvalue weighted by atomic mass is 16.6. The molecule has 0 aliphatic carbocycles. The molecule has 30 heavy (non-hydrogen) atoms. The molecule has 2 aromatic carbocycles. The molecule has 0 unspecified atom stereocenters. The van der Waals surface area contributed by atoms with E-state index in [0.29, 0.717) is 23.8 Å². The highest BCUT2D eigenvalue weighted by Gasteiger charge is 2.25. The molecule has 0 aliphatic rings. The van der Waals surface area contributed by atoms with Gasteiger partial charge in [0.1, 0.15) is 5.56 Å². The number of hydrogen-bond acceptors (Lipinski definition) is 8. The van der Waals surface area contributed by atoms with Gasteiger partial charge in [0.15, 0.2) is 17.3 Å². The summed E-state index contributed by atoms with van der Waals surface area (Å²) < 4.78 is 12.1. The molecule has 0 aliphatic heterocycles. The number of nitro groups is 1. The van der Waals surface area contributed by atoms with Crippen LogP contribution in [0.1, 0.15) is 28.7 Å². The quantitative estimate of drug-likeness (QED) is 0.462. The van der Waals surface area contributed by atoms with Crippen molar-refractivity contribution in [2.24, 2.45) is 0 Å². The van der Waals surface area contributed by atoms with E-state index < -0.39 is 16.5 Å². The Labute approximate surface area is 171 Å². The molecular weight excluding hydrogens is 392 g/mol. The first-order valence-electron chi connectivity index (χ1n) is 9.02. The normalized spacial score (nSPS) is 10.5. The molecule has 3 rings (SSSR count). The zero-order valence-electron chi connectivity index (χ0n) is 16.9. The van der Waals surface area contributed by atoms with Crippen LogP contribution in [0.4, 0.5) is 11.4 Å². The molecule has 0 fully saturated rings. The van der Waals surface area contributed by atoms with E-state index in [1.165, 1.54) is 23.9 Å². The van der Waals surface area contributed by atoms with E-state index in [9.17, 15) is 14.9 Å². The van der Waals surface area contributed by atoms with Gasteiger partial charge in [-0.25, -0.2) is 0 Å². The van der Waals surface area contributed by atoms with Gasteiger partial charge < -0.3 is 14.8 Å². The predicted molar refractivity (Wildman–Crippen MR) is 107 cm³/mol. The van der Waals surface area contributed by atoms with Crippen LogP contribution in [0.3, 0.4) is 0 Å². The average Bonchev–Trinajstić information content (AvgIpc) is 3.14. The first-order chi connectivity index (χ1) is 14.3. The third kappa shape index (κ3) is 4.04. The molecule has 0 saturated heterocycles. The molecule has 0 bridgehead atoms.